The molecule has 3 aromatic rings. The van der Waals surface area contributed by atoms with Crippen LogP contribution in [0.3, 0.4) is 0 Å². The zero-order valence-electron chi connectivity index (χ0n) is 59.3. The van der Waals surface area contributed by atoms with E-state index in [1.165, 1.54) is 36.5 Å². The van der Waals surface area contributed by atoms with Crippen molar-refractivity contribution in [1.29, 1.82) is 0 Å². The number of epoxide rings is 1. The number of hydrogen-bond acceptors (Lipinski definition) is 16. The Morgan fingerprint density at radius 2 is 1.48 bits per heavy atom. The lowest BCUT2D eigenvalue weighted by atomic mass is 9.89. The van der Waals surface area contributed by atoms with Crippen molar-refractivity contribution < 1.29 is 66.9 Å². The topological polar surface area (TPSA) is 335 Å². The first-order valence-electron chi connectivity index (χ1n) is 34.4. The van der Waals surface area contributed by atoms with Gasteiger partial charge in [0.15, 0.2) is 6.23 Å². The van der Waals surface area contributed by atoms with Gasteiger partial charge in [0.2, 0.25) is 47.3 Å². The fourth-order valence-corrected chi connectivity index (χ4v) is 13.6. The Labute approximate surface area is 581 Å². The van der Waals surface area contributed by atoms with Crippen molar-refractivity contribution in [3.63, 3.8) is 0 Å². The van der Waals surface area contributed by atoms with E-state index in [4.69, 9.17) is 24.7 Å². The summed E-state index contributed by atoms with van der Waals surface area (Å²) in [6.45, 7) is 17.4. The highest BCUT2D eigenvalue weighted by Gasteiger charge is 2.47. The molecule has 1 aromatic heterocycles. The van der Waals surface area contributed by atoms with E-state index in [1.807, 2.05) is 70.3 Å². The van der Waals surface area contributed by atoms with Crippen molar-refractivity contribution in [2.75, 3.05) is 53.3 Å². The van der Waals surface area contributed by atoms with Crippen LogP contribution in [0.1, 0.15) is 149 Å². The predicted molar refractivity (Wildman–Crippen MR) is 371 cm³/mol. The number of methoxy groups -OCH3 is 2. The molecule has 2 unspecified atom stereocenters. The Morgan fingerprint density at radius 3 is 2.10 bits per heavy atom. The molecule has 0 saturated carbocycles. The first-order valence-corrected chi connectivity index (χ1v) is 35.3. The van der Waals surface area contributed by atoms with Gasteiger partial charge in [-0.15, -0.1) is 11.3 Å². The largest absolute Gasteiger partial charge is 0.445 e. The second-order valence-electron chi connectivity index (χ2n) is 27.0. The summed E-state index contributed by atoms with van der Waals surface area (Å²) in [6.07, 6.45) is 7.36. The molecule has 11 amide bonds. The van der Waals surface area contributed by atoms with E-state index >= 15 is 0 Å². The van der Waals surface area contributed by atoms with Gasteiger partial charge in [-0.2, -0.15) is 0 Å². The highest BCUT2D eigenvalue weighted by molar-refractivity contribution is 7.09. The van der Waals surface area contributed by atoms with E-state index in [0.717, 1.165) is 10.6 Å². The second kappa shape index (κ2) is 38.4. The number of rotatable bonds is 39. The number of thiazole rings is 1. The number of likely N-dealkylation sites (tertiary alicyclic amines) is 1. The SMILES string of the molecule is CC[C@H](C)[C@@H]([C@@H](CC(=O)N1CCC[C@H]1[C@H](OC)[C@@H](C)C(=O)N[C@@H](Cc1ccccc1)c1nccs1)OC)N(C)C(=O)[C@@H](NC(=O)[C@H](C(C)C)N(C)C(=O)OCc1ccc(NC(=O)[C@H](CCCNC(N)=O)NC(=O)[C@@H](NC(=O)CCCCCN2C(=O)C=CC3OC32)C(C)C)cc1)C(C)C. The van der Waals surface area contributed by atoms with Crippen molar-refractivity contribution >= 4 is 76.4 Å². The Morgan fingerprint density at radius 1 is 0.776 bits per heavy atom. The number of benzene rings is 2. The Kier molecular flexibility index (Phi) is 30.9. The van der Waals surface area contributed by atoms with Gasteiger partial charge >= 0.3 is 12.1 Å². The van der Waals surface area contributed by atoms with Gasteiger partial charge in [-0.3, -0.25) is 43.3 Å². The van der Waals surface area contributed by atoms with Crippen LogP contribution in [0.25, 0.3) is 0 Å². The number of primary amides is 1. The monoisotopic (exact) mass is 1380 g/mol. The zero-order valence-corrected chi connectivity index (χ0v) is 60.1. The lowest BCUT2D eigenvalue weighted by Crippen LogP contribution is -2.60. The van der Waals surface area contributed by atoms with Crippen LogP contribution in [-0.4, -0.2) is 193 Å². The standard InChI is InChI=1S/C71H106N12O14S/c1-14-45(8)61(54(94-12)40-57(86)82-37-22-26-52(82)62(95-13)46(9)63(87)77-51(67-73-35-38-98-67)39-47-23-17-15-18-24-47)80(10)68(91)59(43(4)5)79-66(90)60(44(6)7)81(11)71(93)96-41-48-28-30-49(31-29-48)75-64(88)50(25-21-34-74-70(72)92)76-65(89)58(42(2)3)78-55(84)27-19-16-20-36-83-56(85)33-32-53-69(83)97-53/h15,17-18,23-24,28-33,35,38,42-46,50-54,58-62,69H,14,16,19-22,25-27,34,36-37,39-41H2,1-13H3,(H,75,88)(H,76,89)(H,77,87)(H,78,84)(H,79,90)(H3,72,74,92)/t45-,46+,50-,51-,52-,53?,54+,58-,59-,60-,61-,62+,69?/m0/s1. The summed E-state index contributed by atoms with van der Waals surface area (Å²) in [5.41, 5.74) is 7.21. The summed E-state index contributed by atoms with van der Waals surface area (Å²) in [4.78, 5) is 147. The minimum absolute atomic E-state index is 0.0463. The van der Waals surface area contributed by atoms with E-state index < -0.39 is 102 Å². The minimum atomic E-state index is -1.09. The van der Waals surface area contributed by atoms with Gasteiger partial charge in [0, 0.05) is 77.7 Å². The van der Waals surface area contributed by atoms with Crippen LogP contribution in [-0.2, 0) is 70.3 Å². The number of ether oxygens (including phenoxy) is 4. The molecule has 98 heavy (non-hydrogen) atoms. The van der Waals surface area contributed by atoms with Crippen molar-refractivity contribution in [1.82, 2.24) is 51.2 Å². The number of hydrogen-bond donors (Lipinski definition) is 7. The maximum Gasteiger partial charge on any atom is 0.410 e. The van der Waals surface area contributed by atoms with Crippen LogP contribution >= 0.6 is 11.3 Å². The molecule has 540 valence electrons. The molecule has 0 aliphatic carbocycles. The molecule has 2 fully saturated rings. The van der Waals surface area contributed by atoms with Gasteiger partial charge in [-0.1, -0.05) is 118 Å². The molecule has 4 heterocycles. The van der Waals surface area contributed by atoms with Crippen LogP contribution < -0.4 is 37.6 Å². The smallest absolute Gasteiger partial charge is 0.410 e. The number of unbranched alkanes of at least 4 members (excludes halogenated alkanes) is 2. The van der Waals surface area contributed by atoms with Crippen LogP contribution in [0, 0.1) is 29.6 Å². The van der Waals surface area contributed by atoms with Crippen LogP contribution in [0.5, 0.6) is 0 Å². The first-order chi connectivity index (χ1) is 46.7. The molecular formula is C71H106N12O14S. The average molecular weight is 1380 g/mol. The van der Waals surface area contributed by atoms with E-state index in [9.17, 15) is 47.9 Å². The first kappa shape index (κ1) is 79.0. The molecule has 0 radical (unpaired) electrons. The van der Waals surface area contributed by atoms with Crippen molar-refractivity contribution in [3.05, 3.63) is 94.5 Å². The number of anilines is 1. The quantitative estimate of drug-likeness (QED) is 0.0234. The Balaban J connectivity index is 1.02. The van der Waals surface area contributed by atoms with Gasteiger partial charge < -0.3 is 71.3 Å². The van der Waals surface area contributed by atoms with Crippen molar-refractivity contribution in [2.45, 2.75) is 206 Å². The van der Waals surface area contributed by atoms with Gasteiger partial charge in [0.25, 0.3) is 0 Å². The van der Waals surface area contributed by atoms with E-state index in [2.05, 4.69) is 36.9 Å². The molecule has 13 atom stereocenters. The molecule has 2 saturated heterocycles. The summed E-state index contributed by atoms with van der Waals surface area (Å²) in [6, 6.07) is 10.0. The lowest BCUT2D eigenvalue weighted by molar-refractivity contribution is -0.148. The molecule has 6 rings (SSSR count). The molecule has 3 aliphatic heterocycles. The molecule has 0 spiro atoms. The molecule has 2 aromatic carbocycles. The Hall–Kier alpha value is -8.01. The second-order valence-corrected chi connectivity index (χ2v) is 27.9. The number of nitrogens with two attached hydrogens (primary N) is 1. The summed E-state index contributed by atoms with van der Waals surface area (Å²) >= 11 is 1.47. The van der Waals surface area contributed by atoms with Crippen LogP contribution in [0.4, 0.5) is 15.3 Å². The molecule has 27 heteroatoms. The number of fused-ring (bicyclic) bond motifs is 1. The van der Waals surface area contributed by atoms with E-state index in [0.29, 0.717) is 69.3 Å². The highest BCUT2D eigenvalue weighted by Crippen LogP contribution is 2.33. The molecular weight excluding hydrogens is 1280 g/mol. The summed E-state index contributed by atoms with van der Waals surface area (Å²) in [5, 5.41) is 19.8. The number of carbonyl (C=O) groups is 10. The minimum Gasteiger partial charge on any atom is -0.445 e. The fraction of sp³-hybridized carbons (Fsp3) is 0.620. The maximum absolute atomic E-state index is 14.9. The van der Waals surface area contributed by atoms with Gasteiger partial charge in [-0.25, -0.2) is 14.6 Å². The Bertz CT molecular complexity index is 3160. The number of aromatic nitrogens is 1. The number of nitrogens with zero attached hydrogens (tertiary/aromatic N) is 5. The van der Waals surface area contributed by atoms with Gasteiger partial charge in [-0.05, 0) is 98.0 Å². The number of nitrogens with one attached hydrogen (secondary N) is 6. The summed E-state index contributed by atoms with van der Waals surface area (Å²) in [5.74, 6) is -4.98. The zero-order chi connectivity index (χ0) is 71.9. The number of likely N-dealkylation sites (N-methyl/N-ethyl adjacent to an activating group) is 2. The summed E-state index contributed by atoms with van der Waals surface area (Å²) < 4.78 is 23.4. The third kappa shape index (κ3) is 22.5. The molecule has 8 N–H and O–H groups in total. The molecule has 26 nitrogen and oxygen atoms in total. The maximum atomic E-state index is 14.9. The number of amides is 11. The highest BCUT2D eigenvalue weighted by atomic mass is 32.1. The van der Waals surface area contributed by atoms with Crippen molar-refractivity contribution in [2.24, 2.45) is 35.3 Å². The molecule has 0 bridgehead atoms. The third-order valence-corrected chi connectivity index (χ3v) is 19.6. The number of carbonyl (C=O) groups excluding carboxylic acids is 10. The predicted octanol–water partition coefficient (Wildman–Crippen LogP) is 6.59. The average Bonchev–Trinajstić information content (AvgIpc) is 1.60. The van der Waals surface area contributed by atoms with Crippen LogP contribution in [0.2, 0.25) is 0 Å². The van der Waals surface area contributed by atoms with Gasteiger partial charge in [0.1, 0.15) is 41.9 Å². The van der Waals surface area contributed by atoms with E-state index in [1.54, 1.807) is 93.1 Å². The summed E-state index contributed by atoms with van der Waals surface area (Å²) in [7, 11) is 6.18. The fourth-order valence-electron chi connectivity index (χ4n) is 13.0. The van der Waals surface area contributed by atoms with Gasteiger partial charge in [0.05, 0.1) is 42.7 Å². The lowest BCUT2D eigenvalue weighted by Gasteiger charge is -2.41. The van der Waals surface area contributed by atoms with Crippen LogP contribution in [0.15, 0.2) is 78.3 Å². The van der Waals surface area contributed by atoms with Crippen molar-refractivity contribution in [3.8, 4) is 0 Å². The number of urea groups is 1. The molecule has 3 aliphatic rings. The normalized spacial score (nSPS) is 18.8. The van der Waals surface area contributed by atoms with E-state index in [-0.39, 0.29) is 92.7 Å². The third-order valence-electron chi connectivity index (χ3n) is 18.7.